The third-order valence-electron chi connectivity index (χ3n) is 4.08. The Balaban J connectivity index is 2.00. The van der Waals surface area contributed by atoms with E-state index in [9.17, 15) is 4.79 Å². The summed E-state index contributed by atoms with van der Waals surface area (Å²) < 4.78 is 5.52. The van der Waals surface area contributed by atoms with Crippen LogP contribution in [0.5, 0.6) is 5.75 Å². The van der Waals surface area contributed by atoms with Gasteiger partial charge in [0.2, 0.25) is 0 Å². The van der Waals surface area contributed by atoms with Gasteiger partial charge in [-0.25, -0.2) is 5.43 Å². The van der Waals surface area contributed by atoms with E-state index in [0.717, 1.165) is 23.4 Å². The Morgan fingerprint density at radius 3 is 2.12 bits per heavy atom. The van der Waals surface area contributed by atoms with Crippen LogP contribution in [0.4, 0.5) is 0 Å². The van der Waals surface area contributed by atoms with Gasteiger partial charge in [-0.1, -0.05) is 52.0 Å². The first kappa shape index (κ1) is 19.7. The molecule has 138 valence electrons. The lowest BCUT2D eigenvalue weighted by Crippen LogP contribution is -2.19. The minimum Gasteiger partial charge on any atom is -0.494 e. The van der Waals surface area contributed by atoms with Crippen LogP contribution < -0.4 is 10.2 Å². The van der Waals surface area contributed by atoms with Gasteiger partial charge in [0.25, 0.3) is 5.91 Å². The molecule has 26 heavy (non-hydrogen) atoms. The highest BCUT2D eigenvalue weighted by Gasteiger charge is 2.13. The Kier molecular flexibility index (Phi) is 6.56. The highest BCUT2D eigenvalue weighted by molar-refractivity contribution is 6.00. The molecule has 0 aliphatic heterocycles. The molecule has 4 nitrogen and oxygen atoms in total. The number of nitrogens with one attached hydrogen (secondary N) is 1. The number of rotatable bonds is 6. The van der Waals surface area contributed by atoms with Gasteiger partial charge >= 0.3 is 0 Å². The summed E-state index contributed by atoms with van der Waals surface area (Å²) in [5.41, 5.74) is 6.30. The maximum Gasteiger partial charge on any atom is 0.271 e. The minimum absolute atomic E-state index is 0.116. The summed E-state index contributed by atoms with van der Waals surface area (Å²) in [5.74, 6) is 0.528. The van der Waals surface area contributed by atoms with E-state index in [1.54, 1.807) is 24.3 Å². The fourth-order valence-electron chi connectivity index (χ4n) is 2.40. The third kappa shape index (κ3) is 5.45. The molecule has 0 radical (unpaired) electrons. The van der Waals surface area contributed by atoms with Gasteiger partial charge in [-0.05, 0) is 54.2 Å². The summed E-state index contributed by atoms with van der Waals surface area (Å²) in [7, 11) is 0. The average molecular weight is 352 g/mol. The zero-order chi connectivity index (χ0) is 19.2. The van der Waals surface area contributed by atoms with Crippen LogP contribution in [0.2, 0.25) is 0 Å². The van der Waals surface area contributed by atoms with Crippen LogP contribution in [-0.2, 0) is 5.41 Å². The van der Waals surface area contributed by atoms with Gasteiger partial charge in [0.1, 0.15) is 5.75 Å². The average Bonchev–Trinajstić information content (AvgIpc) is 2.64. The Morgan fingerprint density at radius 2 is 1.58 bits per heavy atom. The minimum atomic E-state index is -0.238. The molecule has 2 aromatic carbocycles. The van der Waals surface area contributed by atoms with Crippen molar-refractivity contribution in [3.8, 4) is 5.75 Å². The van der Waals surface area contributed by atoms with Crippen molar-refractivity contribution in [1.29, 1.82) is 0 Å². The van der Waals surface area contributed by atoms with Gasteiger partial charge in [-0.3, -0.25) is 4.79 Å². The van der Waals surface area contributed by atoms with Crippen LogP contribution in [0.3, 0.4) is 0 Å². The van der Waals surface area contributed by atoms with Gasteiger partial charge in [0.05, 0.1) is 12.3 Å². The van der Waals surface area contributed by atoms with Crippen LogP contribution >= 0.6 is 0 Å². The lowest BCUT2D eigenvalue weighted by Gasteiger charge is -2.19. The van der Waals surface area contributed by atoms with Crippen LogP contribution in [0, 0.1) is 0 Å². The molecule has 0 atom stereocenters. The summed E-state index contributed by atoms with van der Waals surface area (Å²) >= 11 is 0. The van der Waals surface area contributed by atoms with E-state index in [2.05, 4.69) is 50.4 Å². The molecule has 0 spiro atoms. The van der Waals surface area contributed by atoms with Crippen molar-refractivity contribution in [3.05, 3.63) is 65.2 Å². The molecule has 0 heterocycles. The molecule has 0 aliphatic carbocycles. The second-order valence-electron chi connectivity index (χ2n) is 7.34. The van der Waals surface area contributed by atoms with Crippen LogP contribution in [0.1, 0.15) is 62.5 Å². The number of nitrogens with zero attached hydrogens (tertiary/aromatic N) is 1. The first-order valence-corrected chi connectivity index (χ1v) is 8.99. The summed E-state index contributed by atoms with van der Waals surface area (Å²) in [4.78, 5) is 12.2. The van der Waals surface area contributed by atoms with E-state index >= 15 is 0 Å². The molecular formula is C22H28N2O2. The maximum absolute atomic E-state index is 12.2. The third-order valence-corrected chi connectivity index (χ3v) is 4.08. The zero-order valence-corrected chi connectivity index (χ0v) is 16.3. The van der Waals surface area contributed by atoms with Crippen molar-refractivity contribution >= 4 is 11.6 Å². The molecule has 0 aliphatic rings. The van der Waals surface area contributed by atoms with Gasteiger partial charge in [0.15, 0.2) is 0 Å². The number of ether oxygens (including phenoxy) is 1. The SMILES string of the molecule is CCCOc1ccc(C(=O)N/N=C(\C)c2ccc(C(C)(C)C)cc2)cc1. The summed E-state index contributed by atoms with van der Waals surface area (Å²) in [6, 6.07) is 15.3. The van der Waals surface area contributed by atoms with E-state index < -0.39 is 0 Å². The largest absolute Gasteiger partial charge is 0.494 e. The van der Waals surface area contributed by atoms with E-state index in [4.69, 9.17) is 4.74 Å². The fourth-order valence-corrected chi connectivity index (χ4v) is 2.40. The summed E-state index contributed by atoms with van der Waals surface area (Å²) in [5, 5.41) is 4.22. The Hall–Kier alpha value is -2.62. The van der Waals surface area contributed by atoms with Gasteiger partial charge in [-0.2, -0.15) is 5.10 Å². The smallest absolute Gasteiger partial charge is 0.271 e. The zero-order valence-electron chi connectivity index (χ0n) is 16.3. The van der Waals surface area contributed by atoms with Gasteiger partial charge in [0, 0.05) is 5.56 Å². The molecule has 0 bridgehead atoms. The molecule has 0 saturated heterocycles. The lowest BCUT2D eigenvalue weighted by atomic mass is 9.86. The van der Waals surface area contributed by atoms with Crippen molar-refractivity contribution < 1.29 is 9.53 Å². The fraction of sp³-hybridized carbons (Fsp3) is 0.364. The molecule has 1 amide bonds. The maximum atomic E-state index is 12.2. The highest BCUT2D eigenvalue weighted by Crippen LogP contribution is 2.22. The van der Waals surface area contributed by atoms with E-state index in [0.29, 0.717) is 12.2 Å². The van der Waals surface area contributed by atoms with Crippen molar-refractivity contribution in [2.75, 3.05) is 6.61 Å². The van der Waals surface area contributed by atoms with Crippen LogP contribution in [0.15, 0.2) is 53.6 Å². The highest BCUT2D eigenvalue weighted by atomic mass is 16.5. The van der Waals surface area contributed by atoms with Crippen molar-refractivity contribution in [1.82, 2.24) is 5.43 Å². The number of hydrogen-bond donors (Lipinski definition) is 1. The Labute approximate surface area is 156 Å². The Bertz CT molecular complexity index is 754. The van der Waals surface area contributed by atoms with Crippen molar-refractivity contribution in [2.45, 2.75) is 46.5 Å². The number of hydrazone groups is 1. The number of carbonyl (C=O) groups is 1. The van der Waals surface area contributed by atoms with E-state index in [1.165, 1.54) is 5.56 Å². The number of amides is 1. The molecule has 0 unspecified atom stereocenters. The number of benzene rings is 2. The van der Waals surface area contributed by atoms with Gasteiger partial charge in [-0.15, -0.1) is 0 Å². The van der Waals surface area contributed by atoms with Gasteiger partial charge < -0.3 is 4.74 Å². The van der Waals surface area contributed by atoms with E-state index in [-0.39, 0.29) is 11.3 Å². The molecule has 2 rings (SSSR count). The first-order valence-electron chi connectivity index (χ1n) is 8.99. The molecule has 0 fully saturated rings. The quantitative estimate of drug-likeness (QED) is 0.592. The number of carbonyl (C=O) groups excluding carboxylic acids is 1. The molecular weight excluding hydrogens is 324 g/mol. The topological polar surface area (TPSA) is 50.7 Å². The predicted octanol–water partition coefficient (Wildman–Crippen LogP) is 4.93. The van der Waals surface area contributed by atoms with Crippen molar-refractivity contribution in [2.24, 2.45) is 5.10 Å². The molecule has 1 N–H and O–H groups in total. The standard InChI is InChI=1S/C22H28N2O2/c1-6-15-26-20-13-9-18(10-14-20)21(25)24-23-16(2)17-7-11-19(12-8-17)22(3,4)5/h7-14H,6,15H2,1-5H3,(H,24,25)/b23-16+. The van der Waals surface area contributed by atoms with Crippen LogP contribution in [-0.4, -0.2) is 18.2 Å². The molecule has 4 heteroatoms. The molecule has 0 saturated carbocycles. The first-order chi connectivity index (χ1) is 12.3. The monoisotopic (exact) mass is 352 g/mol. The second kappa shape index (κ2) is 8.65. The van der Waals surface area contributed by atoms with E-state index in [1.807, 2.05) is 19.1 Å². The normalized spacial score (nSPS) is 12.0. The molecule has 2 aromatic rings. The van der Waals surface area contributed by atoms with Crippen molar-refractivity contribution in [3.63, 3.8) is 0 Å². The summed E-state index contributed by atoms with van der Waals surface area (Å²) in [6.45, 7) is 11.2. The Morgan fingerprint density at radius 1 is 1.00 bits per heavy atom. The predicted molar refractivity (Wildman–Crippen MR) is 107 cm³/mol. The molecule has 0 aromatic heterocycles. The number of hydrogen-bond acceptors (Lipinski definition) is 3. The lowest BCUT2D eigenvalue weighted by molar-refractivity contribution is 0.0955. The summed E-state index contributed by atoms with van der Waals surface area (Å²) in [6.07, 6.45) is 0.951. The van der Waals surface area contributed by atoms with Crippen LogP contribution in [0.25, 0.3) is 0 Å². The second-order valence-corrected chi connectivity index (χ2v) is 7.34.